The molecule has 1 heterocycles. The quantitative estimate of drug-likeness (QED) is 0.800. The molecule has 1 N–H and O–H groups in total. The second-order valence-corrected chi connectivity index (χ2v) is 9.02. The van der Waals surface area contributed by atoms with Gasteiger partial charge in [0.1, 0.15) is 0 Å². The van der Waals surface area contributed by atoms with Gasteiger partial charge < -0.3 is 4.90 Å². The van der Waals surface area contributed by atoms with Crippen LogP contribution in [0.2, 0.25) is 0 Å². The monoisotopic (exact) mass is 424 g/mol. The summed E-state index contributed by atoms with van der Waals surface area (Å²) in [5.74, 6) is 0.125. The molecule has 0 unspecified atom stereocenters. The SMILES string of the molecule is O=C(C1CCC1)N1CCc2cc(S(=O)(=O)Nc3cccc(C(F)(F)F)c3)ccc21. The summed E-state index contributed by atoms with van der Waals surface area (Å²) in [5.41, 5.74) is 0.350. The third-order valence-electron chi connectivity index (χ3n) is 5.42. The van der Waals surface area contributed by atoms with Gasteiger partial charge in [0.2, 0.25) is 5.91 Å². The number of amides is 1. The summed E-state index contributed by atoms with van der Waals surface area (Å²) >= 11 is 0. The fourth-order valence-corrected chi connectivity index (χ4v) is 4.72. The molecular weight excluding hydrogens is 405 g/mol. The zero-order valence-electron chi connectivity index (χ0n) is 15.4. The Morgan fingerprint density at radius 2 is 1.86 bits per heavy atom. The smallest absolute Gasteiger partial charge is 0.312 e. The van der Waals surface area contributed by atoms with Gasteiger partial charge in [-0.2, -0.15) is 13.2 Å². The zero-order chi connectivity index (χ0) is 20.8. The lowest BCUT2D eigenvalue weighted by atomic mass is 9.84. The predicted octanol–water partition coefficient (Wildman–Crippen LogP) is 4.20. The van der Waals surface area contributed by atoms with Crippen molar-refractivity contribution in [3.8, 4) is 0 Å². The first-order valence-electron chi connectivity index (χ1n) is 9.29. The summed E-state index contributed by atoms with van der Waals surface area (Å²) in [6.07, 6.45) is -1.20. The largest absolute Gasteiger partial charge is 0.416 e. The van der Waals surface area contributed by atoms with Crippen LogP contribution >= 0.6 is 0 Å². The number of alkyl halides is 3. The van der Waals surface area contributed by atoms with Crippen LogP contribution in [0.5, 0.6) is 0 Å². The summed E-state index contributed by atoms with van der Waals surface area (Å²) in [6.45, 7) is 0.509. The third-order valence-corrected chi connectivity index (χ3v) is 6.80. The Morgan fingerprint density at radius 3 is 2.52 bits per heavy atom. The van der Waals surface area contributed by atoms with Gasteiger partial charge in [0.25, 0.3) is 10.0 Å². The topological polar surface area (TPSA) is 66.5 Å². The number of halogens is 3. The molecule has 0 spiro atoms. The van der Waals surface area contributed by atoms with E-state index >= 15 is 0 Å². The van der Waals surface area contributed by atoms with E-state index < -0.39 is 21.8 Å². The number of carbonyl (C=O) groups excluding carboxylic acids is 1. The van der Waals surface area contributed by atoms with E-state index in [4.69, 9.17) is 0 Å². The number of carbonyl (C=O) groups is 1. The van der Waals surface area contributed by atoms with Gasteiger partial charge in [-0.1, -0.05) is 12.5 Å². The lowest BCUT2D eigenvalue weighted by molar-refractivity contribution is -0.137. The number of hydrogen-bond acceptors (Lipinski definition) is 3. The molecule has 2 aliphatic rings. The minimum absolute atomic E-state index is 0.0481. The average Bonchev–Trinajstić information content (AvgIpc) is 3.02. The maximum absolute atomic E-state index is 12.9. The van der Waals surface area contributed by atoms with Crippen LogP contribution < -0.4 is 9.62 Å². The molecule has 9 heteroatoms. The highest BCUT2D eigenvalue weighted by atomic mass is 32.2. The highest BCUT2D eigenvalue weighted by Gasteiger charge is 2.34. The number of nitrogens with one attached hydrogen (secondary N) is 1. The summed E-state index contributed by atoms with van der Waals surface area (Å²) in [4.78, 5) is 14.2. The standard InChI is InChI=1S/C20H19F3N2O3S/c21-20(22,23)15-5-2-6-16(12-15)24-29(27,28)17-7-8-18-14(11-17)9-10-25(18)19(26)13-3-1-4-13/h2,5-8,11-13,24H,1,3-4,9-10H2. The van der Waals surface area contributed by atoms with Crippen molar-refractivity contribution in [3.63, 3.8) is 0 Å². The minimum Gasteiger partial charge on any atom is -0.312 e. The van der Waals surface area contributed by atoms with Crippen LogP contribution in [0.4, 0.5) is 24.5 Å². The Balaban J connectivity index is 1.57. The lowest BCUT2D eigenvalue weighted by Crippen LogP contribution is -2.37. The van der Waals surface area contributed by atoms with Crippen LogP contribution in [0, 0.1) is 5.92 Å². The Kier molecular flexibility index (Phi) is 4.80. The molecule has 5 nitrogen and oxygen atoms in total. The molecule has 29 heavy (non-hydrogen) atoms. The summed E-state index contributed by atoms with van der Waals surface area (Å²) in [7, 11) is -4.07. The summed E-state index contributed by atoms with van der Waals surface area (Å²) in [5, 5.41) is 0. The zero-order valence-corrected chi connectivity index (χ0v) is 16.2. The van der Waals surface area contributed by atoms with E-state index in [9.17, 15) is 26.4 Å². The minimum atomic E-state index is -4.56. The normalized spacial score (nSPS) is 17.0. The van der Waals surface area contributed by atoms with Crippen LogP contribution in [-0.4, -0.2) is 20.9 Å². The maximum atomic E-state index is 12.9. The molecule has 1 aliphatic carbocycles. The molecule has 2 aromatic carbocycles. The molecule has 1 aliphatic heterocycles. The first kappa shape index (κ1) is 19.8. The summed E-state index contributed by atoms with van der Waals surface area (Å²) in [6, 6.07) is 8.50. The second kappa shape index (κ2) is 7.05. The van der Waals surface area contributed by atoms with Crippen molar-refractivity contribution in [3.05, 3.63) is 53.6 Å². The first-order valence-corrected chi connectivity index (χ1v) is 10.8. The van der Waals surface area contributed by atoms with Crippen LogP contribution in [-0.2, 0) is 27.4 Å². The van der Waals surface area contributed by atoms with Crippen molar-refractivity contribution in [2.24, 2.45) is 5.92 Å². The van der Waals surface area contributed by atoms with Crippen molar-refractivity contribution >= 4 is 27.3 Å². The Morgan fingerprint density at radius 1 is 1.10 bits per heavy atom. The second-order valence-electron chi connectivity index (χ2n) is 7.34. The van der Waals surface area contributed by atoms with E-state index in [2.05, 4.69) is 4.72 Å². The molecule has 1 saturated carbocycles. The van der Waals surface area contributed by atoms with E-state index in [-0.39, 0.29) is 22.4 Å². The average molecular weight is 424 g/mol. The van der Waals surface area contributed by atoms with E-state index in [0.717, 1.165) is 43.0 Å². The van der Waals surface area contributed by atoms with Gasteiger partial charge in [-0.3, -0.25) is 9.52 Å². The number of benzene rings is 2. The van der Waals surface area contributed by atoms with Gasteiger partial charge in [0.05, 0.1) is 10.5 Å². The molecule has 1 fully saturated rings. The van der Waals surface area contributed by atoms with E-state index in [1.54, 1.807) is 11.0 Å². The van der Waals surface area contributed by atoms with Gasteiger partial charge >= 0.3 is 6.18 Å². The van der Waals surface area contributed by atoms with Crippen molar-refractivity contribution in [1.82, 2.24) is 0 Å². The number of hydrogen-bond donors (Lipinski definition) is 1. The Labute approximate surface area is 166 Å². The molecule has 0 atom stereocenters. The maximum Gasteiger partial charge on any atom is 0.416 e. The highest BCUT2D eigenvalue weighted by molar-refractivity contribution is 7.92. The van der Waals surface area contributed by atoms with Gasteiger partial charge in [0, 0.05) is 23.8 Å². The first-order chi connectivity index (χ1) is 13.6. The van der Waals surface area contributed by atoms with Crippen LogP contribution in [0.3, 0.4) is 0 Å². The van der Waals surface area contributed by atoms with Crippen molar-refractivity contribution < 1.29 is 26.4 Å². The molecule has 0 saturated heterocycles. The van der Waals surface area contributed by atoms with Gasteiger partial charge in [0.15, 0.2) is 0 Å². The van der Waals surface area contributed by atoms with Gasteiger partial charge in [-0.25, -0.2) is 8.42 Å². The summed E-state index contributed by atoms with van der Waals surface area (Å²) < 4.78 is 66.1. The van der Waals surface area contributed by atoms with Crippen molar-refractivity contribution in [2.75, 3.05) is 16.2 Å². The fraction of sp³-hybridized carbons (Fsp3) is 0.350. The molecule has 0 bridgehead atoms. The third kappa shape index (κ3) is 3.83. The number of nitrogens with zero attached hydrogens (tertiary/aromatic N) is 1. The molecule has 2 aromatic rings. The molecular formula is C20H19F3N2O3S. The number of anilines is 2. The molecule has 4 rings (SSSR count). The predicted molar refractivity (Wildman–Crippen MR) is 102 cm³/mol. The van der Waals surface area contributed by atoms with Gasteiger partial charge in [-0.15, -0.1) is 0 Å². The molecule has 0 aromatic heterocycles. The van der Waals surface area contributed by atoms with Crippen LogP contribution in [0.15, 0.2) is 47.4 Å². The van der Waals surface area contributed by atoms with Crippen molar-refractivity contribution in [2.45, 2.75) is 36.8 Å². The molecule has 1 amide bonds. The van der Waals surface area contributed by atoms with E-state index in [1.165, 1.54) is 18.2 Å². The van der Waals surface area contributed by atoms with Crippen LogP contribution in [0.25, 0.3) is 0 Å². The number of sulfonamides is 1. The van der Waals surface area contributed by atoms with Gasteiger partial charge in [-0.05, 0) is 61.2 Å². The lowest BCUT2D eigenvalue weighted by Gasteiger charge is -2.29. The Bertz CT molecular complexity index is 1060. The van der Waals surface area contributed by atoms with E-state index in [1.807, 2.05) is 0 Å². The Hall–Kier alpha value is -2.55. The van der Waals surface area contributed by atoms with E-state index in [0.29, 0.717) is 18.7 Å². The highest BCUT2D eigenvalue weighted by Crippen LogP contribution is 2.36. The number of fused-ring (bicyclic) bond motifs is 1. The van der Waals surface area contributed by atoms with Crippen LogP contribution in [0.1, 0.15) is 30.4 Å². The molecule has 154 valence electrons. The fourth-order valence-electron chi connectivity index (χ4n) is 3.62. The molecule has 0 radical (unpaired) electrons. The van der Waals surface area contributed by atoms with Crippen molar-refractivity contribution in [1.29, 1.82) is 0 Å². The number of rotatable bonds is 4.